The molecule has 0 aromatic heterocycles. The lowest BCUT2D eigenvalue weighted by atomic mass is 10.3. The summed E-state index contributed by atoms with van der Waals surface area (Å²) in [4.78, 5) is 0. The van der Waals surface area contributed by atoms with Crippen molar-refractivity contribution < 1.29 is 17.9 Å². The van der Waals surface area contributed by atoms with Gasteiger partial charge < -0.3 is 9.47 Å². The second-order valence-corrected chi connectivity index (χ2v) is 5.95. The van der Waals surface area contributed by atoms with Crippen LogP contribution in [0.2, 0.25) is 0 Å². The van der Waals surface area contributed by atoms with Gasteiger partial charge in [-0.2, -0.15) is 0 Å². The Bertz CT molecular complexity index is 290. The molecule has 0 aromatic rings. The summed E-state index contributed by atoms with van der Waals surface area (Å²) in [7, 11) is -1.83. The molecule has 1 heterocycles. The molecule has 16 heavy (non-hydrogen) atoms. The van der Waals surface area contributed by atoms with Crippen molar-refractivity contribution in [2.45, 2.75) is 25.0 Å². The van der Waals surface area contributed by atoms with Crippen molar-refractivity contribution in [2.24, 2.45) is 0 Å². The predicted molar refractivity (Wildman–Crippen MR) is 62.3 cm³/mol. The maximum Gasteiger partial charge on any atom is 0.214 e. The minimum absolute atomic E-state index is 0.00407. The summed E-state index contributed by atoms with van der Waals surface area (Å²) in [5, 5.41) is 0. The van der Waals surface area contributed by atoms with E-state index in [-0.39, 0.29) is 30.4 Å². The van der Waals surface area contributed by atoms with Crippen molar-refractivity contribution in [3.05, 3.63) is 0 Å². The number of nitrogens with one attached hydrogen (secondary N) is 1. The van der Waals surface area contributed by atoms with Crippen molar-refractivity contribution in [2.75, 3.05) is 32.0 Å². The highest BCUT2D eigenvalue weighted by atomic mass is 35.5. The van der Waals surface area contributed by atoms with Crippen LogP contribution in [0.25, 0.3) is 0 Å². The lowest BCUT2D eigenvalue weighted by molar-refractivity contribution is 0.127. The molecule has 2 atom stereocenters. The number of hydrogen-bond donors (Lipinski definition) is 1. The van der Waals surface area contributed by atoms with E-state index >= 15 is 0 Å². The first kappa shape index (κ1) is 14.2. The van der Waals surface area contributed by atoms with Crippen molar-refractivity contribution in [1.82, 2.24) is 4.72 Å². The van der Waals surface area contributed by atoms with Crippen LogP contribution in [0.4, 0.5) is 0 Å². The number of alkyl halides is 1. The highest BCUT2D eigenvalue weighted by molar-refractivity contribution is 7.89. The molecule has 0 radical (unpaired) electrons. The van der Waals surface area contributed by atoms with Crippen LogP contribution in [0.3, 0.4) is 0 Å². The largest absolute Gasteiger partial charge is 0.383 e. The molecule has 0 bridgehead atoms. The summed E-state index contributed by atoms with van der Waals surface area (Å²) in [6.07, 6.45) is 1.55. The average Bonchev–Trinajstić information content (AvgIpc) is 2.68. The Morgan fingerprint density at radius 3 is 2.88 bits per heavy atom. The highest BCUT2D eigenvalue weighted by Gasteiger charge is 2.25. The fraction of sp³-hybridized carbons (Fsp3) is 1.00. The fourth-order valence-electron chi connectivity index (χ4n) is 1.63. The first-order valence-electron chi connectivity index (χ1n) is 5.24. The van der Waals surface area contributed by atoms with Gasteiger partial charge in [0, 0.05) is 19.6 Å². The van der Waals surface area contributed by atoms with Gasteiger partial charge in [-0.05, 0) is 12.8 Å². The van der Waals surface area contributed by atoms with Crippen LogP contribution in [-0.4, -0.2) is 52.5 Å². The second-order valence-electron chi connectivity index (χ2n) is 3.84. The van der Waals surface area contributed by atoms with Crippen LogP contribution >= 0.6 is 11.6 Å². The maximum absolute atomic E-state index is 11.7. The van der Waals surface area contributed by atoms with Crippen molar-refractivity contribution in [1.29, 1.82) is 0 Å². The Labute approximate surface area is 101 Å². The third-order valence-electron chi connectivity index (χ3n) is 2.33. The third kappa shape index (κ3) is 4.97. The standard InChI is InChI=1S/C9H18ClNO4S/c1-14-6-8(5-10)11-16(12,13)7-9-3-2-4-15-9/h8-9,11H,2-7H2,1H3. The van der Waals surface area contributed by atoms with Crippen LogP contribution in [0.15, 0.2) is 0 Å². The summed E-state index contributed by atoms with van der Waals surface area (Å²) < 4.78 is 36.1. The van der Waals surface area contributed by atoms with Gasteiger partial charge in [0.05, 0.1) is 24.5 Å². The molecule has 1 saturated heterocycles. The van der Waals surface area contributed by atoms with E-state index < -0.39 is 10.0 Å². The first-order chi connectivity index (χ1) is 7.57. The van der Waals surface area contributed by atoms with E-state index in [0.29, 0.717) is 6.61 Å². The van der Waals surface area contributed by atoms with E-state index in [0.717, 1.165) is 12.8 Å². The summed E-state index contributed by atoms with van der Waals surface area (Å²) in [5.41, 5.74) is 0. The van der Waals surface area contributed by atoms with Gasteiger partial charge in [-0.15, -0.1) is 11.6 Å². The Morgan fingerprint density at radius 1 is 1.62 bits per heavy atom. The van der Waals surface area contributed by atoms with Crippen molar-refractivity contribution in [3.63, 3.8) is 0 Å². The van der Waals surface area contributed by atoms with Gasteiger partial charge in [-0.25, -0.2) is 13.1 Å². The monoisotopic (exact) mass is 271 g/mol. The summed E-state index contributed by atoms with van der Waals surface area (Å²) >= 11 is 5.63. The normalized spacial score (nSPS) is 23.5. The van der Waals surface area contributed by atoms with Gasteiger partial charge >= 0.3 is 0 Å². The van der Waals surface area contributed by atoms with E-state index in [1.165, 1.54) is 7.11 Å². The lowest BCUT2D eigenvalue weighted by Gasteiger charge is -2.17. The van der Waals surface area contributed by atoms with Gasteiger partial charge in [-0.3, -0.25) is 0 Å². The zero-order valence-electron chi connectivity index (χ0n) is 9.32. The van der Waals surface area contributed by atoms with Crippen LogP contribution in [-0.2, 0) is 19.5 Å². The Morgan fingerprint density at radius 2 is 2.38 bits per heavy atom. The first-order valence-corrected chi connectivity index (χ1v) is 7.42. The molecule has 1 rings (SSSR count). The quantitative estimate of drug-likeness (QED) is 0.678. The third-order valence-corrected chi connectivity index (χ3v) is 4.21. The van der Waals surface area contributed by atoms with Crippen molar-refractivity contribution in [3.8, 4) is 0 Å². The number of methoxy groups -OCH3 is 1. The van der Waals surface area contributed by atoms with Crippen LogP contribution in [0.1, 0.15) is 12.8 Å². The predicted octanol–water partition coefficient (Wildman–Crippen LogP) is 0.339. The molecular formula is C9H18ClNO4S. The number of hydrogen-bond acceptors (Lipinski definition) is 4. The highest BCUT2D eigenvalue weighted by Crippen LogP contribution is 2.13. The molecule has 0 saturated carbocycles. The molecule has 1 aliphatic rings. The summed E-state index contributed by atoms with van der Waals surface area (Å²) in [6, 6.07) is -0.377. The van der Waals surface area contributed by atoms with E-state index in [1.54, 1.807) is 0 Å². The minimum Gasteiger partial charge on any atom is -0.383 e. The van der Waals surface area contributed by atoms with Crippen LogP contribution in [0, 0.1) is 0 Å². The van der Waals surface area contributed by atoms with Crippen molar-refractivity contribution >= 4 is 21.6 Å². The second kappa shape index (κ2) is 6.76. The molecule has 0 spiro atoms. The number of sulfonamides is 1. The van der Waals surface area contributed by atoms with E-state index in [2.05, 4.69) is 4.72 Å². The molecule has 7 heteroatoms. The number of rotatable bonds is 7. The molecule has 5 nitrogen and oxygen atoms in total. The molecule has 1 fully saturated rings. The number of halogens is 1. The summed E-state index contributed by atoms with van der Waals surface area (Å²) in [5.74, 6) is 0.197. The van der Waals surface area contributed by atoms with Gasteiger partial charge in [0.25, 0.3) is 0 Å². The zero-order chi connectivity index (χ0) is 12.0. The zero-order valence-corrected chi connectivity index (χ0v) is 10.9. The van der Waals surface area contributed by atoms with Gasteiger partial charge in [-0.1, -0.05) is 0 Å². The van der Waals surface area contributed by atoms with Crippen LogP contribution in [0.5, 0.6) is 0 Å². The molecule has 1 aliphatic heterocycles. The fourth-order valence-corrected chi connectivity index (χ4v) is 3.40. The minimum atomic E-state index is -3.34. The molecule has 0 aliphatic carbocycles. The average molecular weight is 272 g/mol. The number of ether oxygens (including phenoxy) is 2. The van der Waals surface area contributed by atoms with E-state index in [1.807, 2.05) is 0 Å². The van der Waals surface area contributed by atoms with Crippen LogP contribution < -0.4 is 4.72 Å². The molecular weight excluding hydrogens is 254 g/mol. The van der Waals surface area contributed by atoms with E-state index in [9.17, 15) is 8.42 Å². The summed E-state index contributed by atoms with van der Waals surface area (Å²) in [6.45, 7) is 0.922. The van der Waals surface area contributed by atoms with Gasteiger partial charge in [0.1, 0.15) is 0 Å². The Balaban J connectivity index is 2.42. The molecule has 2 unspecified atom stereocenters. The molecule has 1 N–H and O–H groups in total. The smallest absolute Gasteiger partial charge is 0.214 e. The topological polar surface area (TPSA) is 64.6 Å². The molecule has 0 aromatic carbocycles. The maximum atomic E-state index is 11.7. The molecule has 0 amide bonds. The Kier molecular flexibility index (Phi) is 5.99. The molecule has 96 valence electrons. The van der Waals surface area contributed by atoms with E-state index in [4.69, 9.17) is 21.1 Å². The SMILES string of the molecule is COCC(CCl)NS(=O)(=O)CC1CCCO1. The Hall–Kier alpha value is 0.120. The van der Waals surface area contributed by atoms with Gasteiger partial charge in [0.15, 0.2) is 0 Å². The lowest BCUT2D eigenvalue weighted by Crippen LogP contribution is -2.42. The van der Waals surface area contributed by atoms with Gasteiger partial charge in [0.2, 0.25) is 10.0 Å².